The number of fused-ring (bicyclic) bond motifs is 7. The third-order valence-corrected chi connectivity index (χ3v) is 12.5. The fraction of sp³-hybridized carbons (Fsp3) is 0.875. The van der Waals surface area contributed by atoms with E-state index in [2.05, 4.69) is 39.1 Å². The highest BCUT2D eigenvalue weighted by molar-refractivity contribution is 5.96. The van der Waals surface area contributed by atoms with Crippen LogP contribution in [0.25, 0.3) is 0 Å². The first-order valence-corrected chi connectivity index (χ1v) is 15.5. The van der Waals surface area contributed by atoms with Crippen LogP contribution in [0.5, 0.6) is 0 Å². The molecule has 212 valence electrons. The summed E-state index contributed by atoms with van der Waals surface area (Å²) in [5.41, 5.74) is 2.13. The summed E-state index contributed by atoms with van der Waals surface area (Å²) in [5, 5.41) is 3.18. The molecular formula is C32H50N2O4. The zero-order chi connectivity index (χ0) is 27.0. The van der Waals surface area contributed by atoms with E-state index in [1.807, 2.05) is 0 Å². The number of hydrogen-bond acceptors (Lipinski definition) is 4. The van der Waals surface area contributed by atoms with Crippen LogP contribution in [0.4, 0.5) is 0 Å². The van der Waals surface area contributed by atoms with E-state index in [9.17, 15) is 9.59 Å². The van der Waals surface area contributed by atoms with Crippen LogP contribution in [0.1, 0.15) is 91.9 Å². The minimum atomic E-state index is -0.335. The van der Waals surface area contributed by atoms with Gasteiger partial charge in [0.15, 0.2) is 5.79 Å². The Hall–Kier alpha value is -1.40. The SMILES string of the molecule is C[C@@H]1CC[C@@]2(OC1)O[C@H]1C[C@H]3[C@@H]4CC=C5CC(NC(=O)CC(=O)N(C)C)CC[C@]5(C)[C@H]4CC[C@]3(C)[C@H]1[C@@H]2C. The number of nitrogens with one attached hydrogen (secondary N) is 1. The molecule has 6 aliphatic rings. The summed E-state index contributed by atoms with van der Waals surface area (Å²) in [5.74, 6) is 3.29. The van der Waals surface area contributed by atoms with Crippen molar-refractivity contribution < 1.29 is 19.1 Å². The molecule has 6 rings (SSSR count). The molecule has 2 amide bonds. The number of carbonyl (C=O) groups is 2. The van der Waals surface area contributed by atoms with Crippen LogP contribution in [0.3, 0.4) is 0 Å². The lowest BCUT2D eigenvalue weighted by Crippen LogP contribution is -2.53. The van der Waals surface area contributed by atoms with Crippen LogP contribution in [-0.4, -0.2) is 55.3 Å². The third kappa shape index (κ3) is 4.02. The molecule has 1 N–H and O–H groups in total. The third-order valence-electron chi connectivity index (χ3n) is 12.5. The van der Waals surface area contributed by atoms with Gasteiger partial charge in [-0.15, -0.1) is 0 Å². The van der Waals surface area contributed by atoms with Gasteiger partial charge in [0.05, 0.1) is 12.7 Å². The summed E-state index contributed by atoms with van der Waals surface area (Å²) in [6, 6.07) is 0.150. The number of hydrogen-bond donors (Lipinski definition) is 1. The number of nitrogens with zero attached hydrogens (tertiary/aromatic N) is 1. The summed E-state index contributed by atoms with van der Waals surface area (Å²) < 4.78 is 13.4. The lowest BCUT2D eigenvalue weighted by Gasteiger charge is -2.58. The molecule has 6 nitrogen and oxygen atoms in total. The van der Waals surface area contributed by atoms with E-state index in [1.54, 1.807) is 19.7 Å². The van der Waals surface area contributed by atoms with Crippen molar-refractivity contribution in [2.24, 2.45) is 46.3 Å². The molecule has 1 unspecified atom stereocenters. The molecule has 0 aromatic heterocycles. The second-order valence-corrected chi connectivity index (χ2v) is 14.7. The van der Waals surface area contributed by atoms with Crippen molar-refractivity contribution in [3.8, 4) is 0 Å². The van der Waals surface area contributed by atoms with E-state index in [-0.39, 0.29) is 35.5 Å². The first-order chi connectivity index (χ1) is 18.0. The van der Waals surface area contributed by atoms with Crippen LogP contribution in [0, 0.1) is 46.3 Å². The molecule has 1 spiro atoms. The molecule has 0 bridgehead atoms. The van der Waals surface area contributed by atoms with Crippen molar-refractivity contribution in [1.29, 1.82) is 0 Å². The number of carbonyl (C=O) groups excluding carboxylic acids is 2. The second kappa shape index (κ2) is 9.33. The maximum atomic E-state index is 12.5. The molecule has 0 radical (unpaired) electrons. The Kier molecular flexibility index (Phi) is 6.58. The summed E-state index contributed by atoms with van der Waals surface area (Å²) in [6.07, 6.45) is 13.2. The predicted octanol–water partition coefficient (Wildman–Crippen LogP) is 5.32. The lowest BCUT2D eigenvalue weighted by atomic mass is 9.46. The van der Waals surface area contributed by atoms with E-state index in [1.165, 1.54) is 37.0 Å². The van der Waals surface area contributed by atoms with Gasteiger partial charge in [-0.1, -0.05) is 39.3 Å². The fourth-order valence-electron chi connectivity index (χ4n) is 10.4. The number of ether oxygens (including phenoxy) is 2. The molecular weight excluding hydrogens is 476 g/mol. The number of allylic oxidation sites excluding steroid dienone is 1. The van der Waals surface area contributed by atoms with Gasteiger partial charge in [0.25, 0.3) is 0 Å². The smallest absolute Gasteiger partial charge is 0.231 e. The Balaban J connectivity index is 1.15. The minimum Gasteiger partial charge on any atom is -0.353 e. The monoisotopic (exact) mass is 526 g/mol. The van der Waals surface area contributed by atoms with Gasteiger partial charge in [-0.3, -0.25) is 9.59 Å². The van der Waals surface area contributed by atoms with Gasteiger partial charge in [-0.2, -0.15) is 0 Å². The average molecular weight is 527 g/mol. The Morgan fingerprint density at radius 2 is 1.87 bits per heavy atom. The molecule has 3 saturated carbocycles. The highest BCUT2D eigenvalue weighted by atomic mass is 16.7. The Morgan fingerprint density at radius 1 is 1.08 bits per heavy atom. The maximum Gasteiger partial charge on any atom is 0.231 e. The van der Waals surface area contributed by atoms with Crippen molar-refractivity contribution in [2.45, 2.75) is 110 Å². The number of rotatable bonds is 3. The summed E-state index contributed by atoms with van der Waals surface area (Å²) in [6.45, 7) is 10.7. The van der Waals surface area contributed by atoms with Gasteiger partial charge >= 0.3 is 0 Å². The molecule has 11 atom stereocenters. The van der Waals surface area contributed by atoms with Crippen molar-refractivity contribution >= 4 is 11.8 Å². The minimum absolute atomic E-state index is 0.0566. The van der Waals surface area contributed by atoms with Crippen LogP contribution in [0.15, 0.2) is 11.6 Å². The van der Waals surface area contributed by atoms with Gasteiger partial charge < -0.3 is 19.7 Å². The molecule has 4 aliphatic carbocycles. The molecule has 0 aromatic rings. The van der Waals surface area contributed by atoms with E-state index < -0.39 is 0 Å². The van der Waals surface area contributed by atoms with E-state index in [0.29, 0.717) is 29.3 Å². The van der Waals surface area contributed by atoms with Crippen molar-refractivity contribution in [1.82, 2.24) is 10.2 Å². The maximum absolute atomic E-state index is 12.5. The topological polar surface area (TPSA) is 67.9 Å². The summed E-state index contributed by atoms with van der Waals surface area (Å²) in [4.78, 5) is 26.0. The molecule has 6 heteroatoms. The van der Waals surface area contributed by atoms with Crippen molar-refractivity contribution in [2.75, 3.05) is 20.7 Å². The highest BCUT2D eigenvalue weighted by Crippen LogP contribution is 2.70. The molecule has 38 heavy (non-hydrogen) atoms. The fourth-order valence-corrected chi connectivity index (χ4v) is 10.4. The van der Waals surface area contributed by atoms with E-state index in [4.69, 9.17) is 9.47 Å². The Bertz CT molecular complexity index is 999. The highest BCUT2D eigenvalue weighted by Gasteiger charge is 2.68. The second-order valence-electron chi connectivity index (χ2n) is 14.7. The summed E-state index contributed by atoms with van der Waals surface area (Å²) in [7, 11) is 3.40. The molecule has 0 aromatic carbocycles. The van der Waals surface area contributed by atoms with Crippen LogP contribution in [0.2, 0.25) is 0 Å². The summed E-state index contributed by atoms with van der Waals surface area (Å²) >= 11 is 0. The normalized spacial score (nSPS) is 49.4. The van der Waals surface area contributed by atoms with Gasteiger partial charge in [0, 0.05) is 32.5 Å². The Morgan fingerprint density at radius 3 is 2.58 bits per heavy atom. The first kappa shape index (κ1) is 26.8. The van der Waals surface area contributed by atoms with Crippen molar-refractivity contribution in [3.05, 3.63) is 11.6 Å². The molecule has 2 saturated heterocycles. The van der Waals surface area contributed by atoms with Crippen LogP contribution < -0.4 is 5.32 Å². The standard InChI is InChI=1S/C32H50N2O4/c1-19-9-14-32(37-18-19)20(2)29-26(38-32)16-25-23-8-7-21-15-22(33-27(35)17-28(36)34(5)6)10-12-30(21,3)24(23)11-13-31(25,29)4/h7,19-20,22-26,29H,8-18H2,1-6H3,(H,33,35)/t19-,20+,22?,23-,24+,25+,26+,29+,30+,31+,32-/m1/s1. The van der Waals surface area contributed by atoms with Crippen molar-refractivity contribution in [3.63, 3.8) is 0 Å². The van der Waals surface area contributed by atoms with Gasteiger partial charge in [0.2, 0.25) is 11.8 Å². The van der Waals surface area contributed by atoms with Crippen LogP contribution in [-0.2, 0) is 19.1 Å². The molecule has 2 heterocycles. The first-order valence-electron chi connectivity index (χ1n) is 15.5. The predicted molar refractivity (Wildman–Crippen MR) is 147 cm³/mol. The zero-order valence-electron chi connectivity index (χ0n) is 24.6. The van der Waals surface area contributed by atoms with Gasteiger partial charge in [-0.05, 0) is 91.8 Å². The van der Waals surface area contributed by atoms with Gasteiger partial charge in [-0.25, -0.2) is 0 Å². The Labute approximate surface area is 229 Å². The average Bonchev–Trinajstić information content (AvgIpc) is 3.31. The zero-order valence-corrected chi connectivity index (χ0v) is 24.6. The number of amides is 2. The lowest BCUT2D eigenvalue weighted by molar-refractivity contribution is -0.272. The molecule has 2 aliphatic heterocycles. The molecule has 5 fully saturated rings. The largest absolute Gasteiger partial charge is 0.353 e. The van der Waals surface area contributed by atoms with Gasteiger partial charge in [0.1, 0.15) is 6.42 Å². The van der Waals surface area contributed by atoms with Crippen LogP contribution >= 0.6 is 0 Å². The quantitative estimate of drug-likeness (QED) is 0.399. The van der Waals surface area contributed by atoms with E-state index in [0.717, 1.165) is 50.0 Å². The van der Waals surface area contributed by atoms with E-state index >= 15 is 0 Å².